The maximum atomic E-state index is 9.90. The highest BCUT2D eigenvalue weighted by molar-refractivity contribution is 5.43. The first-order chi connectivity index (χ1) is 7.89. The summed E-state index contributed by atoms with van der Waals surface area (Å²) in [6, 6.07) is 3.81. The van der Waals surface area contributed by atoms with Gasteiger partial charge in [-0.3, -0.25) is 0 Å². The molecule has 0 saturated heterocycles. The molecule has 0 aromatic heterocycles. The van der Waals surface area contributed by atoms with E-state index in [0.29, 0.717) is 6.42 Å². The van der Waals surface area contributed by atoms with Gasteiger partial charge in [-0.1, -0.05) is 19.1 Å². The summed E-state index contributed by atoms with van der Waals surface area (Å²) < 4.78 is 5.69. The van der Waals surface area contributed by atoms with Crippen LogP contribution in [0.3, 0.4) is 0 Å². The molecule has 0 spiro atoms. The van der Waals surface area contributed by atoms with E-state index >= 15 is 0 Å². The minimum atomic E-state index is -0.797. The van der Waals surface area contributed by atoms with E-state index in [2.05, 4.69) is 0 Å². The molecule has 3 nitrogen and oxygen atoms in total. The first-order valence-corrected chi connectivity index (χ1v) is 5.96. The van der Waals surface area contributed by atoms with Gasteiger partial charge >= 0.3 is 0 Å². The average Bonchev–Trinajstić information content (AvgIpc) is 2.27. The third-order valence-electron chi connectivity index (χ3n) is 2.99. The molecule has 0 aliphatic carbocycles. The highest BCUT2D eigenvalue weighted by Crippen LogP contribution is 2.26. The van der Waals surface area contributed by atoms with Gasteiger partial charge in [-0.05, 0) is 43.9 Å². The van der Waals surface area contributed by atoms with E-state index in [9.17, 15) is 5.11 Å². The molecule has 0 aliphatic rings. The lowest BCUT2D eigenvalue weighted by Crippen LogP contribution is -2.31. The number of aliphatic hydroxyl groups is 2. The summed E-state index contributed by atoms with van der Waals surface area (Å²) in [5, 5.41) is 19.0. The molecule has 0 saturated carbocycles. The molecule has 1 unspecified atom stereocenters. The van der Waals surface area contributed by atoms with Crippen molar-refractivity contribution >= 4 is 0 Å². The summed E-state index contributed by atoms with van der Waals surface area (Å²) in [6.45, 7) is 7.90. The molecule has 1 rings (SSSR count). The normalized spacial score (nSPS) is 14.5. The van der Waals surface area contributed by atoms with Crippen LogP contribution in [0.4, 0.5) is 0 Å². The SMILES string of the molecule is CCC(C)(O)COc1c(C)cc(CO)cc1C. The third kappa shape index (κ3) is 3.72. The van der Waals surface area contributed by atoms with Crippen molar-refractivity contribution in [3.05, 3.63) is 28.8 Å². The molecular weight excluding hydrogens is 216 g/mol. The van der Waals surface area contributed by atoms with Crippen molar-refractivity contribution in [3.8, 4) is 5.75 Å². The Labute approximate surface area is 103 Å². The molecule has 0 aliphatic heterocycles. The fraction of sp³-hybridized carbons (Fsp3) is 0.571. The minimum absolute atomic E-state index is 0.0363. The van der Waals surface area contributed by atoms with Gasteiger partial charge in [0, 0.05) is 0 Å². The lowest BCUT2D eigenvalue weighted by Gasteiger charge is -2.23. The van der Waals surface area contributed by atoms with Crippen molar-refractivity contribution in [1.82, 2.24) is 0 Å². The Morgan fingerprint density at radius 1 is 1.24 bits per heavy atom. The number of aryl methyl sites for hydroxylation is 2. The molecule has 0 amide bonds. The average molecular weight is 238 g/mol. The van der Waals surface area contributed by atoms with Gasteiger partial charge < -0.3 is 14.9 Å². The quantitative estimate of drug-likeness (QED) is 0.827. The van der Waals surface area contributed by atoms with E-state index < -0.39 is 5.60 Å². The zero-order valence-electron chi connectivity index (χ0n) is 11.1. The van der Waals surface area contributed by atoms with Gasteiger partial charge in [-0.2, -0.15) is 0 Å². The van der Waals surface area contributed by atoms with Gasteiger partial charge in [0.2, 0.25) is 0 Å². The summed E-state index contributed by atoms with van der Waals surface area (Å²) in [6.07, 6.45) is 0.653. The molecule has 17 heavy (non-hydrogen) atoms. The highest BCUT2D eigenvalue weighted by Gasteiger charge is 2.19. The van der Waals surface area contributed by atoms with Gasteiger partial charge in [-0.25, -0.2) is 0 Å². The van der Waals surface area contributed by atoms with Gasteiger partial charge in [0.1, 0.15) is 12.4 Å². The van der Waals surface area contributed by atoms with Crippen LogP contribution in [0.5, 0.6) is 5.75 Å². The van der Waals surface area contributed by atoms with Crippen LogP contribution < -0.4 is 4.74 Å². The van der Waals surface area contributed by atoms with Crippen molar-refractivity contribution in [1.29, 1.82) is 0 Å². The number of aliphatic hydroxyl groups excluding tert-OH is 1. The molecule has 0 radical (unpaired) electrons. The van der Waals surface area contributed by atoms with E-state index in [1.165, 1.54) is 0 Å². The fourth-order valence-electron chi connectivity index (χ4n) is 1.69. The topological polar surface area (TPSA) is 49.7 Å². The van der Waals surface area contributed by atoms with Crippen molar-refractivity contribution in [2.45, 2.75) is 46.3 Å². The van der Waals surface area contributed by atoms with Gasteiger partial charge in [0.15, 0.2) is 0 Å². The predicted octanol–water partition coefficient (Wildman–Crippen LogP) is 2.34. The molecule has 1 atom stereocenters. The second kappa shape index (κ2) is 5.52. The number of ether oxygens (including phenoxy) is 1. The summed E-state index contributed by atoms with van der Waals surface area (Å²) >= 11 is 0. The molecule has 3 heteroatoms. The maximum absolute atomic E-state index is 9.90. The number of benzene rings is 1. The van der Waals surface area contributed by atoms with E-state index in [1.54, 1.807) is 6.92 Å². The Morgan fingerprint density at radius 3 is 2.18 bits per heavy atom. The third-order valence-corrected chi connectivity index (χ3v) is 2.99. The molecule has 2 N–H and O–H groups in total. The van der Waals surface area contributed by atoms with Crippen LogP contribution >= 0.6 is 0 Å². The Morgan fingerprint density at radius 2 is 1.76 bits per heavy atom. The Balaban J connectivity index is 2.85. The molecule has 96 valence electrons. The van der Waals surface area contributed by atoms with Gasteiger partial charge in [-0.15, -0.1) is 0 Å². The van der Waals surface area contributed by atoms with E-state index in [0.717, 1.165) is 22.4 Å². The lowest BCUT2D eigenvalue weighted by molar-refractivity contribution is 0.00806. The van der Waals surface area contributed by atoms with E-state index in [4.69, 9.17) is 9.84 Å². The zero-order valence-corrected chi connectivity index (χ0v) is 11.1. The van der Waals surface area contributed by atoms with Crippen LogP contribution in [0.25, 0.3) is 0 Å². The lowest BCUT2D eigenvalue weighted by atomic mass is 10.0. The van der Waals surface area contributed by atoms with Crippen LogP contribution in [-0.4, -0.2) is 22.4 Å². The van der Waals surface area contributed by atoms with Gasteiger partial charge in [0.25, 0.3) is 0 Å². The molecule has 1 aromatic rings. The van der Waals surface area contributed by atoms with Gasteiger partial charge in [0.05, 0.1) is 12.2 Å². The number of hydrogen-bond donors (Lipinski definition) is 2. The van der Waals surface area contributed by atoms with Crippen molar-refractivity contribution in [2.75, 3.05) is 6.61 Å². The Kier molecular flexibility index (Phi) is 4.54. The van der Waals surface area contributed by atoms with E-state index in [1.807, 2.05) is 32.9 Å². The first kappa shape index (κ1) is 14.0. The first-order valence-electron chi connectivity index (χ1n) is 5.96. The molecule has 1 aromatic carbocycles. The van der Waals surface area contributed by atoms with Crippen LogP contribution in [0.1, 0.15) is 37.0 Å². The Hall–Kier alpha value is -1.06. The van der Waals surface area contributed by atoms with Crippen molar-refractivity contribution in [2.24, 2.45) is 0 Å². The largest absolute Gasteiger partial charge is 0.490 e. The standard InChI is InChI=1S/C14H22O3/c1-5-14(4,16)9-17-13-10(2)6-12(8-15)7-11(13)3/h6-7,15-16H,5,8-9H2,1-4H3. The summed E-state index contributed by atoms with van der Waals surface area (Å²) in [5.41, 5.74) is 2.06. The second-order valence-corrected chi connectivity index (χ2v) is 4.86. The van der Waals surface area contributed by atoms with Crippen LogP contribution in [0.2, 0.25) is 0 Å². The molecular formula is C14H22O3. The summed E-state index contributed by atoms with van der Waals surface area (Å²) in [5.74, 6) is 0.802. The fourth-order valence-corrected chi connectivity index (χ4v) is 1.69. The number of rotatable bonds is 5. The van der Waals surface area contributed by atoms with Crippen LogP contribution in [-0.2, 0) is 6.61 Å². The highest BCUT2D eigenvalue weighted by atomic mass is 16.5. The molecule has 0 bridgehead atoms. The molecule has 0 fully saturated rings. The zero-order chi connectivity index (χ0) is 13.1. The summed E-state index contributed by atoms with van der Waals surface area (Å²) in [7, 11) is 0. The van der Waals surface area contributed by atoms with E-state index in [-0.39, 0.29) is 13.2 Å². The second-order valence-electron chi connectivity index (χ2n) is 4.86. The van der Waals surface area contributed by atoms with Crippen LogP contribution in [0, 0.1) is 13.8 Å². The van der Waals surface area contributed by atoms with Crippen molar-refractivity contribution in [3.63, 3.8) is 0 Å². The number of hydrogen-bond acceptors (Lipinski definition) is 3. The monoisotopic (exact) mass is 238 g/mol. The Bertz CT molecular complexity index is 360. The maximum Gasteiger partial charge on any atom is 0.125 e. The van der Waals surface area contributed by atoms with Crippen LogP contribution in [0.15, 0.2) is 12.1 Å². The van der Waals surface area contributed by atoms with Crippen molar-refractivity contribution < 1.29 is 14.9 Å². The predicted molar refractivity (Wildman–Crippen MR) is 68.2 cm³/mol. The summed E-state index contributed by atoms with van der Waals surface area (Å²) in [4.78, 5) is 0. The smallest absolute Gasteiger partial charge is 0.125 e. The molecule has 0 heterocycles. The minimum Gasteiger partial charge on any atom is -0.490 e.